The second-order valence-electron chi connectivity index (χ2n) is 7.57. The standard InChI is InChI=1S/C24H23FN4O2/c25-19-5-3-6-21(16-19)27-23(30)17-28-12-14-29(15-13-28)24(31)11-10-20-9-8-18-4-1-2-7-22(18)26-20/h1-11,16H,12-15,17H2,(H,27,30)/p+1/b11-10+. The molecule has 3 aromatic rings. The first-order chi connectivity index (χ1) is 15.1. The minimum Gasteiger partial charge on any atom is -0.328 e. The van der Waals surface area contributed by atoms with E-state index in [-0.39, 0.29) is 24.2 Å². The summed E-state index contributed by atoms with van der Waals surface area (Å²) >= 11 is 0. The van der Waals surface area contributed by atoms with E-state index in [1.165, 1.54) is 12.1 Å². The summed E-state index contributed by atoms with van der Waals surface area (Å²) in [4.78, 5) is 32.2. The summed E-state index contributed by atoms with van der Waals surface area (Å²) in [7, 11) is 0. The Kier molecular flexibility index (Phi) is 6.33. The molecule has 0 aliphatic carbocycles. The smallest absolute Gasteiger partial charge is 0.279 e. The number of aromatic nitrogens is 1. The van der Waals surface area contributed by atoms with Gasteiger partial charge in [-0.1, -0.05) is 30.3 Å². The maximum Gasteiger partial charge on any atom is 0.279 e. The fourth-order valence-corrected chi connectivity index (χ4v) is 3.66. The van der Waals surface area contributed by atoms with Gasteiger partial charge in [0.15, 0.2) is 6.54 Å². The molecule has 1 aliphatic rings. The summed E-state index contributed by atoms with van der Waals surface area (Å²) in [6.45, 7) is 2.82. The highest BCUT2D eigenvalue weighted by Crippen LogP contribution is 2.12. The van der Waals surface area contributed by atoms with Gasteiger partial charge < -0.3 is 15.1 Å². The lowest BCUT2D eigenvalue weighted by molar-refractivity contribution is -0.895. The van der Waals surface area contributed by atoms with Crippen LogP contribution in [0, 0.1) is 5.82 Å². The molecular formula is C24H24FN4O2+. The van der Waals surface area contributed by atoms with Gasteiger partial charge in [-0.25, -0.2) is 9.37 Å². The molecule has 1 aliphatic heterocycles. The Balaban J connectivity index is 1.26. The Morgan fingerprint density at radius 2 is 1.87 bits per heavy atom. The molecule has 158 valence electrons. The lowest BCUT2D eigenvalue weighted by Gasteiger charge is -2.31. The van der Waals surface area contributed by atoms with Crippen molar-refractivity contribution >= 4 is 34.5 Å². The second kappa shape index (κ2) is 9.49. The van der Waals surface area contributed by atoms with Gasteiger partial charge in [0.25, 0.3) is 5.91 Å². The molecule has 7 heteroatoms. The molecule has 1 saturated heterocycles. The van der Waals surface area contributed by atoms with E-state index in [0.29, 0.717) is 31.9 Å². The van der Waals surface area contributed by atoms with Gasteiger partial charge in [0.2, 0.25) is 5.91 Å². The van der Waals surface area contributed by atoms with Crippen molar-refractivity contribution in [3.05, 3.63) is 78.3 Å². The summed E-state index contributed by atoms with van der Waals surface area (Å²) in [5, 5.41) is 3.78. The summed E-state index contributed by atoms with van der Waals surface area (Å²) in [6.07, 6.45) is 3.29. The quantitative estimate of drug-likeness (QED) is 0.620. The van der Waals surface area contributed by atoms with E-state index >= 15 is 0 Å². The molecule has 6 nitrogen and oxygen atoms in total. The average Bonchev–Trinajstić information content (AvgIpc) is 2.78. The predicted octanol–water partition coefficient (Wildman–Crippen LogP) is 1.75. The number of nitrogens with zero attached hydrogens (tertiary/aromatic N) is 2. The summed E-state index contributed by atoms with van der Waals surface area (Å²) in [6, 6.07) is 17.6. The summed E-state index contributed by atoms with van der Waals surface area (Å²) in [5.74, 6) is -0.606. The zero-order valence-electron chi connectivity index (χ0n) is 17.1. The van der Waals surface area contributed by atoms with Crippen molar-refractivity contribution in [1.29, 1.82) is 0 Å². The van der Waals surface area contributed by atoms with E-state index in [9.17, 15) is 14.0 Å². The Morgan fingerprint density at radius 1 is 1.06 bits per heavy atom. The molecule has 2 N–H and O–H groups in total. The van der Waals surface area contributed by atoms with Crippen LogP contribution < -0.4 is 10.2 Å². The van der Waals surface area contributed by atoms with Gasteiger partial charge in [-0.3, -0.25) is 9.59 Å². The third-order valence-electron chi connectivity index (χ3n) is 5.32. The number of piperazine rings is 1. The molecule has 0 radical (unpaired) electrons. The molecule has 0 saturated carbocycles. The van der Waals surface area contributed by atoms with Gasteiger partial charge in [-0.15, -0.1) is 0 Å². The Morgan fingerprint density at radius 3 is 2.68 bits per heavy atom. The number of hydrogen-bond acceptors (Lipinski definition) is 3. The number of carbonyl (C=O) groups is 2. The molecule has 0 spiro atoms. The van der Waals surface area contributed by atoms with Crippen molar-refractivity contribution in [2.45, 2.75) is 0 Å². The monoisotopic (exact) mass is 419 g/mol. The van der Waals surface area contributed by atoms with Gasteiger partial charge in [-0.2, -0.15) is 0 Å². The number of carbonyl (C=O) groups excluding carboxylic acids is 2. The molecule has 2 amide bonds. The van der Waals surface area contributed by atoms with E-state index in [1.54, 1.807) is 29.2 Å². The molecule has 31 heavy (non-hydrogen) atoms. The van der Waals surface area contributed by atoms with Crippen LogP contribution in [0.1, 0.15) is 5.69 Å². The Hall–Kier alpha value is -3.58. The van der Waals surface area contributed by atoms with Crippen LogP contribution in [0.3, 0.4) is 0 Å². The highest BCUT2D eigenvalue weighted by Gasteiger charge is 2.24. The predicted molar refractivity (Wildman–Crippen MR) is 118 cm³/mol. The zero-order valence-corrected chi connectivity index (χ0v) is 17.1. The number of hydrogen-bond donors (Lipinski definition) is 2. The van der Waals surface area contributed by atoms with Crippen molar-refractivity contribution in [1.82, 2.24) is 9.88 Å². The van der Waals surface area contributed by atoms with E-state index in [4.69, 9.17) is 0 Å². The third kappa shape index (κ3) is 5.52. The molecule has 4 rings (SSSR count). The minimum absolute atomic E-state index is 0.0572. The van der Waals surface area contributed by atoms with E-state index in [1.807, 2.05) is 36.4 Å². The van der Waals surface area contributed by atoms with Crippen LogP contribution in [0.25, 0.3) is 17.0 Å². The molecule has 1 aromatic heterocycles. The molecule has 2 heterocycles. The number of amides is 2. The number of anilines is 1. The fraction of sp³-hybridized carbons (Fsp3) is 0.208. The van der Waals surface area contributed by atoms with E-state index in [0.717, 1.165) is 21.5 Å². The molecule has 0 atom stereocenters. The topological polar surface area (TPSA) is 66.7 Å². The number of halogens is 1. The van der Waals surface area contributed by atoms with Crippen molar-refractivity contribution in [3.63, 3.8) is 0 Å². The van der Waals surface area contributed by atoms with Crippen molar-refractivity contribution in [2.24, 2.45) is 0 Å². The molecule has 0 bridgehead atoms. The van der Waals surface area contributed by atoms with Crippen LogP contribution in [0.2, 0.25) is 0 Å². The average molecular weight is 419 g/mol. The number of para-hydroxylation sites is 1. The van der Waals surface area contributed by atoms with Gasteiger partial charge in [0, 0.05) is 17.1 Å². The third-order valence-corrected chi connectivity index (χ3v) is 5.32. The largest absolute Gasteiger partial charge is 0.328 e. The number of quaternary nitrogens is 1. The summed E-state index contributed by atoms with van der Waals surface area (Å²) < 4.78 is 13.2. The Labute approximate surface area is 180 Å². The van der Waals surface area contributed by atoms with Crippen molar-refractivity contribution < 1.29 is 18.9 Å². The zero-order chi connectivity index (χ0) is 21.6. The number of nitrogens with one attached hydrogen (secondary N) is 2. The first-order valence-electron chi connectivity index (χ1n) is 10.3. The highest BCUT2D eigenvalue weighted by atomic mass is 19.1. The number of benzene rings is 2. The first-order valence-corrected chi connectivity index (χ1v) is 10.3. The molecule has 2 aromatic carbocycles. The normalized spacial score (nSPS) is 14.8. The number of fused-ring (bicyclic) bond motifs is 1. The molecule has 1 fully saturated rings. The minimum atomic E-state index is -0.385. The van der Waals surface area contributed by atoms with Crippen LogP contribution in [0.4, 0.5) is 10.1 Å². The Bertz CT molecular complexity index is 1120. The van der Waals surface area contributed by atoms with E-state index in [2.05, 4.69) is 10.3 Å². The van der Waals surface area contributed by atoms with Gasteiger partial charge in [-0.05, 0) is 36.4 Å². The lowest BCUT2D eigenvalue weighted by Crippen LogP contribution is -3.15. The van der Waals surface area contributed by atoms with Crippen LogP contribution in [-0.2, 0) is 9.59 Å². The van der Waals surface area contributed by atoms with Crippen LogP contribution in [0.5, 0.6) is 0 Å². The lowest BCUT2D eigenvalue weighted by atomic mass is 10.2. The van der Waals surface area contributed by atoms with Gasteiger partial charge in [0.1, 0.15) is 5.82 Å². The number of pyridine rings is 1. The van der Waals surface area contributed by atoms with Crippen LogP contribution >= 0.6 is 0 Å². The van der Waals surface area contributed by atoms with Crippen molar-refractivity contribution in [3.8, 4) is 0 Å². The molecular weight excluding hydrogens is 395 g/mol. The van der Waals surface area contributed by atoms with Gasteiger partial charge in [0.05, 0.1) is 37.4 Å². The SMILES string of the molecule is O=C(C[NH+]1CCN(C(=O)/C=C/c2ccc3ccccc3n2)CC1)Nc1cccc(F)c1. The van der Waals surface area contributed by atoms with Crippen LogP contribution in [0.15, 0.2) is 66.7 Å². The molecule has 0 unspecified atom stereocenters. The first kappa shape index (κ1) is 20.7. The van der Waals surface area contributed by atoms with Crippen molar-refractivity contribution in [2.75, 3.05) is 38.0 Å². The highest BCUT2D eigenvalue weighted by molar-refractivity contribution is 5.92. The second-order valence-corrected chi connectivity index (χ2v) is 7.57. The fourth-order valence-electron chi connectivity index (χ4n) is 3.66. The number of rotatable bonds is 5. The van der Waals surface area contributed by atoms with Crippen LogP contribution in [-0.4, -0.2) is 54.4 Å². The maximum atomic E-state index is 13.2. The van der Waals surface area contributed by atoms with Gasteiger partial charge >= 0.3 is 0 Å². The van der Waals surface area contributed by atoms with E-state index < -0.39 is 0 Å². The maximum absolute atomic E-state index is 13.2. The summed E-state index contributed by atoms with van der Waals surface area (Å²) in [5.41, 5.74) is 2.09.